The van der Waals surface area contributed by atoms with Gasteiger partial charge < -0.3 is 15.2 Å². The molecule has 13 heteroatoms. The van der Waals surface area contributed by atoms with Crippen LogP contribution in [0.15, 0.2) is 43.0 Å². The number of hydrogen-bond donors (Lipinski definition) is 2. The summed E-state index contributed by atoms with van der Waals surface area (Å²) in [6, 6.07) is 5.18. The molecule has 3 aromatic heterocycles. The molecular formula is C25H31N7O5S. The Balaban J connectivity index is 1.71. The number of hydrogen-bond acceptors (Lipinski definition) is 10. The molecule has 1 aliphatic rings. The monoisotopic (exact) mass is 541 g/mol. The molecule has 0 radical (unpaired) electrons. The number of carbonyl (C=O) groups excluding carboxylic acids is 1. The molecule has 0 bridgehead atoms. The molecule has 4 heterocycles. The molecular weight excluding hydrogens is 510 g/mol. The lowest BCUT2D eigenvalue weighted by molar-refractivity contribution is -0.128. The van der Waals surface area contributed by atoms with Gasteiger partial charge in [0, 0.05) is 36.2 Å². The fourth-order valence-corrected chi connectivity index (χ4v) is 4.86. The van der Waals surface area contributed by atoms with Crippen molar-refractivity contribution in [1.82, 2.24) is 24.9 Å². The molecule has 1 aliphatic heterocycles. The Morgan fingerprint density at radius 2 is 1.97 bits per heavy atom. The number of primary amides is 1. The molecule has 202 valence electrons. The third kappa shape index (κ3) is 5.29. The molecule has 1 amide bonds. The van der Waals surface area contributed by atoms with Crippen molar-refractivity contribution in [3.8, 4) is 17.1 Å². The normalized spacial score (nSPS) is 20.1. The lowest BCUT2D eigenvalue weighted by Crippen LogP contribution is -2.51. The summed E-state index contributed by atoms with van der Waals surface area (Å²) < 4.78 is 37.9. The van der Waals surface area contributed by atoms with Crippen LogP contribution in [0, 0.1) is 0 Å². The minimum atomic E-state index is -3.79. The number of pyridine rings is 1. The van der Waals surface area contributed by atoms with Crippen LogP contribution in [0.25, 0.3) is 11.3 Å². The molecule has 12 nitrogen and oxygen atoms in total. The van der Waals surface area contributed by atoms with Crippen molar-refractivity contribution in [3.05, 3.63) is 54.4 Å². The second-order valence-electron chi connectivity index (χ2n) is 9.84. The highest BCUT2D eigenvalue weighted by Gasteiger charge is 2.50. The van der Waals surface area contributed by atoms with Crippen molar-refractivity contribution in [1.29, 1.82) is 0 Å². The number of aromatic nitrogens is 5. The van der Waals surface area contributed by atoms with E-state index >= 15 is 0 Å². The summed E-state index contributed by atoms with van der Waals surface area (Å²) in [7, 11) is -3.79. The van der Waals surface area contributed by atoms with Gasteiger partial charge in [0.25, 0.3) is 0 Å². The molecule has 1 saturated heterocycles. The quantitative estimate of drug-likeness (QED) is 0.430. The lowest BCUT2D eigenvalue weighted by Gasteiger charge is -2.40. The minimum absolute atomic E-state index is 0.139. The number of amides is 1. The number of nitrogens with two attached hydrogens (primary N) is 1. The topological polar surface area (TPSA) is 172 Å². The second kappa shape index (κ2) is 10.6. The summed E-state index contributed by atoms with van der Waals surface area (Å²) in [4.78, 5) is 34.8. The van der Waals surface area contributed by atoms with Crippen LogP contribution in [0.3, 0.4) is 0 Å². The van der Waals surface area contributed by atoms with Gasteiger partial charge in [-0.25, -0.2) is 23.4 Å². The standard InChI is InChI=1S/C25H31N7O5S/c1-5-37-21-14-27-13-19(30-21)16-6-7-18(29-12-16)17-15-36-11-9-25(17,22(26)33)20-8-10-28-23(31-20)32-38(34,35)24(2,3)4/h6-8,10,12-14,17H,5,9,11,15H2,1-4H3,(H2,26,33)(H,28,31,32). The van der Waals surface area contributed by atoms with Crippen molar-refractivity contribution < 1.29 is 22.7 Å². The molecule has 0 spiro atoms. The maximum atomic E-state index is 13.1. The molecule has 3 aromatic rings. The van der Waals surface area contributed by atoms with E-state index in [0.29, 0.717) is 35.1 Å². The van der Waals surface area contributed by atoms with Gasteiger partial charge in [0.1, 0.15) is 5.41 Å². The predicted octanol–water partition coefficient (Wildman–Crippen LogP) is 2.19. The smallest absolute Gasteiger partial charge is 0.239 e. The zero-order valence-electron chi connectivity index (χ0n) is 21.7. The Morgan fingerprint density at radius 3 is 2.63 bits per heavy atom. The average molecular weight is 542 g/mol. The van der Waals surface area contributed by atoms with Crippen molar-refractivity contribution in [3.63, 3.8) is 0 Å². The van der Waals surface area contributed by atoms with E-state index in [-0.39, 0.29) is 25.6 Å². The van der Waals surface area contributed by atoms with E-state index in [2.05, 4.69) is 29.6 Å². The lowest BCUT2D eigenvalue weighted by atomic mass is 9.67. The van der Waals surface area contributed by atoms with Crippen molar-refractivity contribution >= 4 is 21.9 Å². The maximum Gasteiger partial charge on any atom is 0.239 e. The van der Waals surface area contributed by atoms with Crippen LogP contribution in [-0.2, 0) is 25.0 Å². The third-order valence-electron chi connectivity index (χ3n) is 6.45. The zero-order chi connectivity index (χ0) is 27.6. The molecule has 0 aromatic carbocycles. The van der Waals surface area contributed by atoms with Crippen LogP contribution in [0.4, 0.5) is 5.95 Å². The number of anilines is 1. The van der Waals surface area contributed by atoms with Gasteiger partial charge in [0.15, 0.2) is 0 Å². The highest BCUT2D eigenvalue weighted by atomic mass is 32.2. The Hall–Kier alpha value is -3.71. The van der Waals surface area contributed by atoms with Crippen molar-refractivity contribution in [2.24, 2.45) is 5.73 Å². The van der Waals surface area contributed by atoms with Gasteiger partial charge in [-0.05, 0) is 52.3 Å². The van der Waals surface area contributed by atoms with Gasteiger partial charge in [-0.1, -0.05) is 0 Å². The Kier molecular flexibility index (Phi) is 7.61. The second-order valence-corrected chi connectivity index (χ2v) is 12.3. The minimum Gasteiger partial charge on any atom is -0.477 e. The van der Waals surface area contributed by atoms with E-state index in [1.165, 1.54) is 12.4 Å². The Morgan fingerprint density at radius 1 is 1.18 bits per heavy atom. The molecule has 2 unspecified atom stereocenters. The van der Waals surface area contributed by atoms with Crippen LogP contribution in [0.1, 0.15) is 51.4 Å². The maximum absolute atomic E-state index is 13.1. The fourth-order valence-electron chi connectivity index (χ4n) is 4.21. The number of rotatable bonds is 8. The molecule has 2 atom stereocenters. The van der Waals surface area contributed by atoms with E-state index in [0.717, 1.165) is 0 Å². The summed E-state index contributed by atoms with van der Waals surface area (Å²) in [5.74, 6) is -0.926. The van der Waals surface area contributed by atoms with Crippen LogP contribution >= 0.6 is 0 Å². The van der Waals surface area contributed by atoms with Crippen LogP contribution in [0.2, 0.25) is 0 Å². The molecule has 4 rings (SSSR count). The zero-order valence-corrected chi connectivity index (χ0v) is 22.5. The van der Waals surface area contributed by atoms with Gasteiger partial charge in [-0.15, -0.1) is 0 Å². The van der Waals surface area contributed by atoms with Crippen LogP contribution in [0.5, 0.6) is 5.88 Å². The largest absolute Gasteiger partial charge is 0.477 e. The van der Waals surface area contributed by atoms with E-state index in [1.807, 2.05) is 13.0 Å². The van der Waals surface area contributed by atoms with Gasteiger partial charge in [-0.3, -0.25) is 19.5 Å². The number of sulfonamides is 1. The molecule has 3 N–H and O–H groups in total. The number of nitrogens with zero attached hydrogens (tertiary/aromatic N) is 5. The van der Waals surface area contributed by atoms with Crippen molar-refractivity contribution in [2.75, 3.05) is 24.5 Å². The molecule has 1 fully saturated rings. The van der Waals surface area contributed by atoms with Gasteiger partial charge in [0.2, 0.25) is 27.8 Å². The van der Waals surface area contributed by atoms with E-state index in [4.69, 9.17) is 15.2 Å². The first kappa shape index (κ1) is 27.3. The third-order valence-corrected chi connectivity index (χ3v) is 8.51. The van der Waals surface area contributed by atoms with Gasteiger partial charge >= 0.3 is 0 Å². The highest BCUT2D eigenvalue weighted by molar-refractivity contribution is 7.94. The van der Waals surface area contributed by atoms with E-state index in [1.54, 1.807) is 45.3 Å². The number of carbonyl (C=O) groups is 1. The molecule has 0 aliphatic carbocycles. The van der Waals surface area contributed by atoms with Crippen LogP contribution in [-0.4, -0.2) is 63.8 Å². The van der Waals surface area contributed by atoms with E-state index < -0.39 is 32.0 Å². The number of nitrogens with one attached hydrogen (secondary N) is 1. The summed E-state index contributed by atoms with van der Waals surface area (Å²) in [5, 5.41) is 0. The first-order chi connectivity index (χ1) is 18.0. The van der Waals surface area contributed by atoms with Crippen LogP contribution < -0.4 is 15.2 Å². The summed E-state index contributed by atoms with van der Waals surface area (Å²) in [6.45, 7) is 7.45. The SMILES string of the molecule is CCOc1cncc(-c2ccc(C3COCCC3(C(N)=O)c3ccnc(NS(=O)(=O)C(C)(C)C)n3)nc2)n1. The first-order valence-electron chi connectivity index (χ1n) is 12.1. The van der Waals surface area contributed by atoms with Gasteiger partial charge in [0.05, 0.1) is 41.7 Å². The first-order valence-corrected chi connectivity index (χ1v) is 13.6. The predicted molar refractivity (Wildman–Crippen MR) is 140 cm³/mol. The fraction of sp³-hybridized carbons (Fsp3) is 0.440. The molecule has 0 saturated carbocycles. The molecule has 38 heavy (non-hydrogen) atoms. The Labute approximate surface area is 221 Å². The summed E-state index contributed by atoms with van der Waals surface area (Å²) >= 11 is 0. The summed E-state index contributed by atoms with van der Waals surface area (Å²) in [5.41, 5.74) is 6.88. The Bertz CT molecular complexity index is 1410. The highest BCUT2D eigenvalue weighted by Crippen LogP contribution is 2.44. The van der Waals surface area contributed by atoms with Crippen molar-refractivity contribution in [2.45, 2.75) is 50.2 Å². The number of ether oxygens (including phenoxy) is 2. The average Bonchev–Trinajstić information content (AvgIpc) is 2.88. The summed E-state index contributed by atoms with van der Waals surface area (Å²) in [6.07, 6.45) is 6.42. The van der Waals surface area contributed by atoms with E-state index in [9.17, 15) is 13.2 Å². The van der Waals surface area contributed by atoms with Gasteiger partial charge in [-0.2, -0.15) is 0 Å².